The van der Waals surface area contributed by atoms with E-state index in [9.17, 15) is 0 Å². The van der Waals surface area contributed by atoms with Crippen LogP contribution >= 0.6 is 12.2 Å². The van der Waals surface area contributed by atoms with Gasteiger partial charge in [0.05, 0.1) is 6.33 Å². The van der Waals surface area contributed by atoms with E-state index in [1.165, 1.54) is 0 Å². The lowest BCUT2D eigenvalue weighted by Gasteiger charge is -2.06. The molecule has 2 heterocycles. The Hall–Kier alpha value is -2.02. The highest BCUT2D eigenvalue weighted by molar-refractivity contribution is 7.80. The molecule has 0 unspecified atom stereocenters. The first-order chi connectivity index (χ1) is 8.25. The van der Waals surface area contributed by atoms with Gasteiger partial charge in [-0.15, -0.1) is 0 Å². The standard InChI is InChI=1S/C10H12N6S/c11-9(17)8-1-2-13-10(15-8)14-4-6-16-5-3-12-7-16/h1-3,5,7H,4,6H2,(H2,11,17)(H,13,14,15). The molecule has 0 bridgehead atoms. The van der Waals surface area contributed by atoms with E-state index in [-0.39, 0.29) is 4.99 Å². The monoisotopic (exact) mass is 248 g/mol. The minimum Gasteiger partial charge on any atom is -0.388 e. The third-order valence-electron chi connectivity index (χ3n) is 2.12. The lowest BCUT2D eigenvalue weighted by atomic mass is 10.4. The van der Waals surface area contributed by atoms with Gasteiger partial charge in [-0.05, 0) is 6.07 Å². The topological polar surface area (TPSA) is 81.6 Å². The molecule has 2 aromatic rings. The molecule has 0 aliphatic carbocycles. The Morgan fingerprint density at radius 1 is 1.47 bits per heavy atom. The van der Waals surface area contributed by atoms with Gasteiger partial charge in [-0.25, -0.2) is 15.0 Å². The Balaban J connectivity index is 1.90. The van der Waals surface area contributed by atoms with Gasteiger partial charge in [0, 0.05) is 31.7 Å². The van der Waals surface area contributed by atoms with Crippen molar-refractivity contribution in [2.45, 2.75) is 6.54 Å². The Labute approximate surface area is 104 Å². The van der Waals surface area contributed by atoms with E-state index in [0.717, 1.165) is 6.54 Å². The smallest absolute Gasteiger partial charge is 0.223 e. The molecule has 0 fully saturated rings. The summed E-state index contributed by atoms with van der Waals surface area (Å²) >= 11 is 4.85. The molecule has 0 saturated heterocycles. The Kier molecular flexibility index (Phi) is 3.61. The fourth-order valence-electron chi connectivity index (χ4n) is 1.30. The molecule has 7 heteroatoms. The molecule has 3 N–H and O–H groups in total. The van der Waals surface area contributed by atoms with Crippen LogP contribution in [0.2, 0.25) is 0 Å². The number of nitrogens with zero attached hydrogens (tertiary/aromatic N) is 4. The maximum Gasteiger partial charge on any atom is 0.223 e. The van der Waals surface area contributed by atoms with Gasteiger partial charge in [0.1, 0.15) is 10.7 Å². The van der Waals surface area contributed by atoms with Crippen LogP contribution in [0.4, 0.5) is 5.95 Å². The quantitative estimate of drug-likeness (QED) is 0.746. The van der Waals surface area contributed by atoms with Crippen molar-refractivity contribution < 1.29 is 0 Å². The lowest BCUT2D eigenvalue weighted by Crippen LogP contribution is -2.15. The Morgan fingerprint density at radius 3 is 3.06 bits per heavy atom. The number of nitrogens with two attached hydrogens (primary N) is 1. The highest BCUT2D eigenvalue weighted by atomic mass is 32.1. The Bertz CT molecular complexity index is 495. The fraction of sp³-hybridized carbons (Fsp3) is 0.200. The minimum atomic E-state index is 0.269. The fourth-order valence-corrected chi connectivity index (χ4v) is 1.41. The summed E-state index contributed by atoms with van der Waals surface area (Å²) in [6.07, 6.45) is 7.02. The second kappa shape index (κ2) is 5.35. The van der Waals surface area contributed by atoms with E-state index in [2.05, 4.69) is 20.3 Å². The van der Waals surface area contributed by atoms with Gasteiger partial charge >= 0.3 is 0 Å². The van der Waals surface area contributed by atoms with E-state index in [4.69, 9.17) is 18.0 Å². The van der Waals surface area contributed by atoms with Crippen LogP contribution in [0.3, 0.4) is 0 Å². The molecular formula is C10H12N6S. The number of hydrogen-bond acceptors (Lipinski definition) is 5. The van der Waals surface area contributed by atoms with Crippen molar-refractivity contribution in [1.82, 2.24) is 19.5 Å². The predicted molar refractivity (Wildman–Crippen MR) is 68.6 cm³/mol. The highest BCUT2D eigenvalue weighted by Gasteiger charge is 2.00. The zero-order valence-corrected chi connectivity index (χ0v) is 9.89. The molecule has 88 valence electrons. The second-order valence-electron chi connectivity index (χ2n) is 3.36. The summed E-state index contributed by atoms with van der Waals surface area (Å²) in [5.41, 5.74) is 6.06. The third-order valence-corrected chi connectivity index (χ3v) is 2.33. The molecule has 0 aromatic carbocycles. The highest BCUT2D eigenvalue weighted by Crippen LogP contribution is 2.00. The molecule has 2 rings (SSSR count). The molecule has 0 radical (unpaired) electrons. The van der Waals surface area contributed by atoms with Crippen LogP contribution in [0.15, 0.2) is 31.0 Å². The zero-order chi connectivity index (χ0) is 12.1. The average molecular weight is 248 g/mol. The number of anilines is 1. The largest absolute Gasteiger partial charge is 0.388 e. The maximum absolute atomic E-state index is 5.49. The van der Waals surface area contributed by atoms with Gasteiger partial charge in [-0.3, -0.25) is 0 Å². The number of aromatic nitrogens is 4. The van der Waals surface area contributed by atoms with Crippen molar-refractivity contribution in [2.75, 3.05) is 11.9 Å². The van der Waals surface area contributed by atoms with Crippen LogP contribution in [-0.2, 0) is 6.54 Å². The van der Waals surface area contributed by atoms with Crippen LogP contribution in [0.1, 0.15) is 5.69 Å². The summed E-state index contributed by atoms with van der Waals surface area (Å²) in [5, 5.41) is 3.09. The summed E-state index contributed by atoms with van der Waals surface area (Å²) in [4.78, 5) is 12.5. The van der Waals surface area contributed by atoms with Crippen LogP contribution in [0.5, 0.6) is 0 Å². The van der Waals surface area contributed by atoms with Crippen molar-refractivity contribution in [3.8, 4) is 0 Å². The maximum atomic E-state index is 5.49. The van der Waals surface area contributed by atoms with Gasteiger partial charge in [0.15, 0.2) is 0 Å². The van der Waals surface area contributed by atoms with Crippen molar-refractivity contribution in [3.05, 3.63) is 36.7 Å². The average Bonchev–Trinajstić information content (AvgIpc) is 2.82. The lowest BCUT2D eigenvalue weighted by molar-refractivity contribution is 0.723. The summed E-state index contributed by atoms with van der Waals surface area (Å²) in [6, 6.07) is 1.68. The number of hydrogen-bond donors (Lipinski definition) is 2. The van der Waals surface area contributed by atoms with Gasteiger partial charge in [0.25, 0.3) is 0 Å². The van der Waals surface area contributed by atoms with Gasteiger partial charge in [0.2, 0.25) is 5.95 Å². The molecular weight excluding hydrogens is 236 g/mol. The minimum absolute atomic E-state index is 0.269. The van der Waals surface area contributed by atoms with Crippen molar-refractivity contribution in [2.24, 2.45) is 5.73 Å². The van der Waals surface area contributed by atoms with Crippen molar-refractivity contribution >= 4 is 23.2 Å². The molecule has 0 saturated carbocycles. The molecule has 6 nitrogen and oxygen atoms in total. The van der Waals surface area contributed by atoms with Crippen molar-refractivity contribution in [1.29, 1.82) is 0 Å². The van der Waals surface area contributed by atoms with E-state index in [0.29, 0.717) is 18.2 Å². The number of nitrogens with one attached hydrogen (secondary N) is 1. The predicted octanol–water partition coefficient (Wildman–Crippen LogP) is 0.419. The normalized spacial score (nSPS) is 10.1. The number of thiocarbonyl (C=S) groups is 1. The van der Waals surface area contributed by atoms with Crippen LogP contribution in [-0.4, -0.2) is 31.1 Å². The molecule has 0 atom stereocenters. The zero-order valence-electron chi connectivity index (χ0n) is 9.08. The van der Waals surface area contributed by atoms with Gasteiger partial charge in [-0.2, -0.15) is 0 Å². The Morgan fingerprint density at radius 2 is 2.35 bits per heavy atom. The van der Waals surface area contributed by atoms with Crippen LogP contribution in [0.25, 0.3) is 0 Å². The molecule has 17 heavy (non-hydrogen) atoms. The van der Waals surface area contributed by atoms with Gasteiger partial charge < -0.3 is 15.6 Å². The first-order valence-corrected chi connectivity index (χ1v) is 5.49. The first-order valence-electron chi connectivity index (χ1n) is 5.08. The van der Waals surface area contributed by atoms with Gasteiger partial charge in [-0.1, -0.05) is 12.2 Å². The summed E-state index contributed by atoms with van der Waals surface area (Å²) in [5.74, 6) is 0.524. The van der Waals surface area contributed by atoms with E-state index < -0.39 is 0 Å². The SMILES string of the molecule is NC(=S)c1ccnc(NCCn2ccnc2)n1. The van der Waals surface area contributed by atoms with E-state index >= 15 is 0 Å². The summed E-state index contributed by atoms with van der Waals surface area (Å²) in [7, 11) is 0. The van der Waals surface area contributed by atoms with E-state index in [1.807, 2.05) is 10.8 Å². The molecule has 0 aliphatic rings. The number of imidazole rings is 1. The number of rotatable bonds is 5. The molecule has 2 aromatic heterocycles. The van der Waals surface area contributed by atoms with Crippen LogP contribution in [0, 0.1) is 0 Å². The molecule has 0 aliphatic heterocycles. The summed E-state index contributed by atoms with van der Waals surface area (Å²) < 4.78 is 1.96. The second-order valence-corrected chi connectivity index (χ2v) is 3.80. The van der Waals surface area contributed by atoms with Crippen LogP contribution < -0.4 is 11.1 Å². The van der Waals surface area contributed by atoms with E-state index in [1.54, 1.807) is 24.8 Å². The molecule has 0 amide bonds. The third kappa shape index (κ3) is 3.22. The first kappa shape index (κ1) is 11.5. The summed E-state index contributed by atoms with van der Waals surface area (Å²) in [6.45, 7) is 1.50. The molecule has 0 spiro atoms. The van der Waals surface area contributed by atoms with Crippen molar-refractivity contribution in [3.63, 3.8) is 0 Å².